The standard InChI is InChI=1S/C16H17FN2O/c17-15-9-11(2-1-7-18)4-6-14(15)16(20)19-10-12-3-5-13(19)8-12/h4,6,9,12-13H,3,5,7-8,10,18H2. The summed E-state index contributed by atoms with van der Waals surface area (Å²) >= 11 is 0. The van der Waals surface area contributed by atoms with Crippen molar-refractivity contribution in [1.82, 2.24) is 4.90 Å². The van der Waals surface area contributed by atoms with Crippen molar-refractivity contribution in [2.75, 3.05) is 13.1 Å². The zero-order chi connectivity index (χ0) is 14.1. The third kappa shape index (κ3) is 2.30. The molecule has 3 rings (SSSR count). The third-order valence-electron chi connectivity index (χ3n) is 4.20. The molecule has 0 spiro atoms. The number of piperidine rings is 1. The van der Waals surface area contributed by atoms with Gasteiger partial charge in [0, 0.05) is 18.2 Å². The highest BCUT2D eigenvalue weighted by atomic mass is 19.1. The molecule has 1 aliphatic heterocycles. The molecule has 2 aliphatic rings. The van der Waals surface area contributed by atoms with E-state index in [4.69, 9.17) is 5.73 Å². The van der Waals surface area contributed by atoms with Gasteiger partial charge in [-0.2, -0.15) is 0 Å². The average molecular weight is 272 g/mol. The SMILES string of the molecule is NCC#Cc1ccc(C(=O)N2CC3CCC2C3)c(F)c1. The predicted octanol–water partition coefficient (Wildman–Crippen LogP) is 1.76. The number of hydrogen-bond donors (Lipinski definition) is 1. The Morgan fingerprint density at radius 2 is 2.30 bits per heavy atom. The molecule has 1 amide bonds. The Hall–Kier alpha value is -1.86. The van der Waals surface area contributed by atoms with Crippen LogP contribution in [0.1, 0.15) is 35.2 Å². The summed E-state index contributed by atoms with van der Waals surface area (Å²) in [5.41, 5.74) is 5.98. The normalized spacial score (nSPS) is 23.6. The molecule has 2 fully saturated rings. The molecule has 1 aromatic rings. The highest BCUT2D eigenvalue weighted by molar-refractivity contribution is 5.95. The van der Waals surface area contributed by atoms with E-state index >= 15 is 0 Å². The number of amides is 1. The summed E-state index contributed by atoms with van der Waals surface area (Å²) in [6.07, 6.45) is 3.33. The van der Waals surface area contributed by atoms with Crippen LogP contribution in [0.15, 0.2) is 18.2 Å². The van der Waals surface area contributed by atoms with Crippen molar-refractivity contribution in [2.45, 2.75) is 25.3 Å². The molecular formula is C16H17FN2O. The zero-order valence-electron chi connectivity index (χ0n) is 11.2. The van der Waals surface area contributed by atoms with Crippen molar-refractivity contribution in [3.63, 3.8) is 0 Å². The van der Waals surface area contributed by atoms with Gasteiger partial charge < -0.3 is 10.6 Å². The Balaban J connectivity index is 1.81. The van der Waals surface area contributed by atoms with E-state index < -0.39 is 5.82 Å². The van der Waals surface area contributed by atoms with Gasteiger partial charge in [0.15, 0.2) is 0 Å². The maximum atomic E-state index is 14.1. The van der Waals surface area contributed by atoms with E-state index in [1.165, 1.54) is 18.6 Å². The Morgan fingerprint density at radius 1 is 1.45 bits per heavy atom. The number of halogens is 1. The molecule has 2 N–H and O–H groups in total. The van der Waals surface area contributed by atoms with Gasteiger partial charge in [0.1, 0.15) is 5.82 Å². The van der Waals surface area contributed by atoms with E-state index in [1.807, 2.05) is 4.90 Å². The Labute approximate surface area is 117 Å². The van der Waals surface area contributed by atoms with Crippen LogP contribution in [0, 0.1) is 23.6 Å². The maximum absolute atomic E-state index is 14.1. The van der Waals surface area contributed by atoms with Gasteiger partial charge >= 0.3 is 0 Å². The van der Waals surface area contributed by atoms with Crippen LogP contribution in [0.4, 0.5) is 4.39 Å². The van der Waals surface area contributed by atoms with Crippen molar-refractivity contribution in [3.8, 4) is 11.8 Å². The molecule has 1 aromatic carbocycles. The molecule has 20 heavy (non-hydrogen) atoms. The predicted molar refractivity (Wildman–Crippen MR) is 74.5 cm³/mol. The van der Waals surface area contributed by atoms with Crippen molar-refractivity contribution in [3.05, 3.63) is 35.1 Å². The second-order valence-electron chi connectivity index (χ2n) is 5.49. The minimum atomic E-state index is -0.499. The van der Waals surface area contributed by atoms with Crippen molar-refractivity contribution >= 4 is 5.91 Å². The minimum absolute atomic E-state index is 0.149. The second kappa shape index (κ2) is 5.26. The Morgan fingerprint density at radius 3 is 2.90 bits per heavy atom. The zero-order valence-corrected chi connectivity index (χ0v) is 11.2. The number of nitrogens with two attached hydrogens (primary N) is 1. The number of hydrogen-bond acceptors (Lipinski definition) is 2. The summed E-state index contributed by atoms with van der Waals surface area (Å²) in [4.78, 5) is 14.2. The van der Waals surface area contributed by atoms with Crippen LogP contribution in [-0.2, 0) is 0 Å². The summed E-state index contributed by atoms with van der Waals surface area (Å²) in [7, 11) is 0. The van der Waals surface area contributed by atoms with Gasteiger partial charge in [0.05, 0.1) is 12.1 Å². The fraction of sp³-hybridized carbons (Fsp3) is 0.438. The Kier molecular flexibility index (Phi) is 3.45. The average Bonchev–Trinajstić information content (AvgIpc) is 3.07. The van der Waals surface area contributed by atoms with Crippen molar-refractivity contribution < 1.29 is 9.18 Å². The van der Waals surface area contributed by atoms with E-state index in [0.717, 1.165) is 19.4 Å². The maximum Gasteiger partial charge on any atom is 0.257 e. The van der Waals surface area contributed by atoms with Gasteiger partial charge in [-0.15, -0.1) is 0 Å². The molecule has 3 nitrogen and oxygen atoms in total. The monoisotopic (exact) mass is 272 g/mol. The molecule has 104 valence electrons. The van der Waals surface area contributed by atoms with Gasteiger partial charge in [0.2, 0.25) is 0 Å². The van der Waals surface area contributed by atoms with E-state index in [0.29, 0.717) is 17.5 Å². The Bertz CT molecular complexity index is 602. The molecule has 0 radical (unpaired) electrons. The van der Waals surface area contributed by atoms with Crippen LogP contribution >= 0.6 is 0 Å². The first-order valence-corrected chi connectivity index (χ1v) is 6.98. The summed E-state index contributed by atoms with van der Waals surface area (Å²) in [6, 6.07) is 4.82. The first-order chi connectivity index (χ1) is 9.69. The van der Waals surface area contributed by atoms with Gasteiger partial charge in [0.25, 0.3) is 5.91 Å². The largest absolute Gasteiger partial charge is 0.335 e. The molecule has 0 aromatic heterocycles. The molecule has 4 heteroatoms. The summed E-state index contributed by atoms with van der Waals surface area (Å²) in [5.74, 6) is 5.37. The van der Waals surface area contributed by atoms with E-state index in [9.17, 15) is 9.18 Å². The van der Waals surface area contributed by atoms with Crippen LogP contribution in [0.25, 0.3) is 0 Å². The fourth-order valence-electron chi connectivity index (χ4n) is 3.25. The highest BCUT2D eigenvalue weighted by Gasteiger charge is 2.40. The molecule has 2 unspecified atom stereocenters. The molecule has 2 bridgehead atoms. The molecule has 1 saturated carbocycles. The molecule has 1 heterocycles. The first-order valence-electron chi connectivity index (χ1n) is 6.98. The van der Waals surface area contributed by atoms with Crippen LogP contribution in [-0.4, -0.2) is 29.9 Å². The lowest BCUT2D eigenvalue weighted by molar-refractivity contribution is 0.0699. The van der Waals surface area contributed by atoms with E-state index in [-0.39, 0.29) is 18.0 Å². The molecular weight excluding hydrogens is 255 g/mol. The number of benzene rings is 1. The van der Waals surface area contributed by atoms with E-state index in [1.54, 1.807) is 6.07 Å². The third-order valence-corrected chi connectivity index (χ3v) is 4.20. The molecule has 1 aliphatic carbocycles. The van der Waals surface area contributed by atoms with Gasteiger partial charge in [-0.1, -0.05) is 11.8 Å². The van der Waals surface area contributed by atoms with Gasteiger partial charge in [-0.25, -0.2) is 4.39 Å². The van der Waals surface area contributed by atoms with Crippen LogP contribution in [0.2, 0.25) is 0 Å². The summed E-state index contributed by atoms with van der Waals surface area (Å²) in [6.45, 7) is 1.01. The quantitative estimate of drug-likeness (QED) is 0.792. The lowest BCUT2D eigenvalue weighted by Gasteiger charge is -2.27. The van der Waals surface area contributed by atoms with Crippen molar-refractivity contribution in [1.29, 1.82) is 0 Å². The summed E-state index contributed by atoms with van der Waals surface area (Å²) in [5, 5.41) is 0. The topological polar surface area (TPSA) is 46.3 Å². The van der Waals surface area contributed by atoms with Gasteiger partial charge in [-0.3, -0.25) is 4.79 Å². The van der Waals surface area contributed by atoms with Gasteiger partial charge in [-0.05, 0) is 43.4 Å². The number of nitrogens with zero attached hydrogens (tertiary/aromatic N) is 1. The highest BCUT2D eigenvalue weighted by Crippen LogP contribution is 2.38. The second-order valence-corrected chi connectivity index (χ2v) is 5.49. The number of likely N-dealkylation sites (tertiary alicyclic amines) is 1. The van der Waals surface area contributed by atoms with Crippen molar-refractivity contribution in [2.24, 2.45) is 11.7 Å². The number of carbonyl (C=O) groups excluding carboxylic acids is 1. The molecule has 1 saturated heterocycles. The number of carbonyl (C=O) groups is 1. The minimum Gasteiger partial charge on any atom is -0.335 e. The lowest BCUT2D eigenvalue weighted by atomic mass is 10.1. The smallest absolute Gasteiger partial charge is 0.257 e. The lowest BCUT2D eigenvalue weighted by Crippen LogP contribution is -2.38. The number of fused-ring (bicyclic) bond motifs is 2. The summed E-state index contributed by atoms with van der Waals surface area (Å²) < 4.78 is 14.1. The van der Waals surface area contributed by atoms with Crippen LogP contribution in [0.3, 0.4) is 0 Å². The van der Waals surface area contributed by atoms with Crippen LogP contribution in [0.5, 0.6) is 0 Å². The molecule has 2 atom stereocenters. The number of rotatable bonds is 1. The van der Waals surface area contributed by atoms with Crippen LogP contribution < -0.4 is 5.73 Å². The fourth-order valence-corrected chi connectivity index (χ4v) is 3.25. The first kappa shape index (κ1) is 13.1. The van der Waals surface area contributed by atoms with E-state index in [2.05, 4.69) is 11.8 Å².